The Morgan fingerprint density at radius 1 is 1.21 bits per heavy atom. The van der Waals surface area contributed by atoms with Crippen molar-refractivity contribution in [2.75, 3.05) is 20.4 Å². The standard InChI is InChI=1S/C11H22NO6P/c1-8(12-10(14)18-11(2,3)4)9(13)7-19(15,16-5)17-6/h8H,7H2,1-6H3,(H,12,14)/t8-/m1/s1. The lowest BCUT2D eigenvalue weighted by molar-refractivity contribution is -0.118. The van der Waals surface area contributed by atoms with Gasteiger partial charge in [-0.25, -0.2) is 4.79 Å². The highest BCUT2D eigenvalue weighted by molar-refractivity contribution is 7.54. The van der Waals surface area contributed by atoms with Gasteiger partial charge < -0.3 is 19.1 Å². The molecule has 0 heterocycles. The zero-order chi connectivity index (χ0) is 15.3. The third-order valence-electron chi connectivity index (χ3n) is 2.12. The number of rotatable bonds is 6. The van der Waals surface area contributed by atoms with Crippen LogP contribution in [0.4, 0.5) is 4.79 Å². The molecule has 0 aliphatic rings. The minimum atomic E-state index is -3.42. The van der Waals surface area contributed by atoms with Crippen molar-refractivity contribution in [3.8, 4) is 0 Å². The van der Waals surface area contributed by atoms with Gasteiger partial charge in [0.2, 0.25) is 0 Å². The van der Waals surface area contributed by atoms with Gasteiger partial charge in [0.15, 0.2) is 5.78 Å². The van der Waals surface area contributed by atoms with Crippen molar-refractivity contribution in [2.24, 2.45) is 0 Å². The predicted octanol–water partition coefficient (Wildman–Crippen LogP) is 1.95. The van der Waals surface area contributed by atoms with Crippen LogP contribution in [0.25, 0.3) is 0 Å². The molecule has 0 aliphatic heterocycles. The van der Waals surface area contributed by atoms with Crippen LogP contribution in [0.5, 0.6) is 0 Å². The maximum atomic E-state index is 11.8. The lowest BCUT2D eigenvalue weighted by Crippen LogP contribution is -2.42. The Hall–Kier alpha value is -0.910. The summed E-state index contributed by atoms with van der Waals surface area (Å²) in [6, 6.07) is -0.839. The van der Waals surface area contributed by atoms with E-state index in [9.17, 15) is 14.2 Å². The van der Waals surface area contributed by atoms with Crippen LogP contribution in [0.1, 0.15) is 27.7 Å². The zero-order valence-corrected chi connectivity index (χ0v) is 13.1. The second kappa shape index (κ2) is 7.03. The normalized spacial score (nSPS) is 13.8. The molecule has 0 bridgehead atoms. The molecule has 0 aromatic carbocycles. The molecule has 1 atom stereocenters. The Morgan fingerprint density at radius 3 is 2.05 bits per heavy atom. The van der Waals surface area contributed by atoms with Crippen LogP contribution < -0.4 is 5.32 Å². The summed E-state index contributed by atoms with van der Waals surface area (Å²) < 4.78 is 26.1. The maximum Gasteiger partial charge on any atom is 0.408 e. The van der Waals surface area contributed by atoms with E-state index in [1.807, 2.05) is 0 Å². The van der Waals surface area contributed by atoms with E-state index in [-0.39, 0.29) is 0 Å². The van der Waals surface area contributed by atoms with Gasteiger partial charge in [-0.1, -0.05) is 0 Å². The van der Waals surface area contributed by atoms with Crippen molar-refractivity contribution in [1.29, 1.82) is 0 Å². The van der Waals surface area contributed by atoms with E-state index in [0.29, 0.717) is 0 Å². The second-order valence-electron chi connectivity index (χ2n) is 4.97. The lowest BCUT2D eigenvalue weighted by Gasteiger charge is -2.22. The van der Waals surface area contributed by atoms with Gasteiger partial charge in [-0.3, -0.25) is 9.36 Å². The van der Waals surface area contributed by atoms with Gasteiger partial charge in [0.05, 0.1) is 6.04 Å². The molecule has 0 radical (unpaired) electrons. The fourth-order valence-electron chi connectivity index (χ4n) is 1.10. The lowest BCUT2D eigenvalue weighted by atomic mass is 10.2. The minimum Gasteiger partial charge on any atom is -0.444 e. The highest BCUT2D eigenvalue weighted by Crippen LogP contribution is 2.46. The number of hydrogen-bond acceptors (Lipinski definition) is 6. The molecular formula is C11H22NO6P. The topological polar surface area (TPSA) is 90.9 Å². The van der Waals surface area contributed by atoms with Crippen LogP contribution in [0, 0.1) is 0 Å². The molecule has 0 rings (SSSR count). The van der Waals surface area contributed by atoms with Crippen LogP contribution in [0.15, 0.2) is 0 Å². The van der Waals surface area contributed by atoms with Gasteiger partial charge in [0.25, 0.3) is 0 Å². The van der Waals surface area contributed by atoms with E-state index in [2.05, 4.69) is 14.4 Å². The van der Waals surface area contributed by atoms with Crippen molar-refractivity contribution in [1.82, 2.24) is 5.32 Å². The third kappa shape index (κ3) is 7.30. The third-order valence-corrected chi connectivity index (χ3v) is 3.93. The molecule has 19 heavy (non-hydrogen) atoms. The molecule has 0 saturated carbocycles. The molecular weight excluding hydrogens is 273 g/mol. The van der Waals surface area contributed by atoms with Crippen LogP contribution in [-0.2, 0) is 23.1 Å². The minimum absolute atomic E-state index is 0.406. The van der Waals surface area contributed by atoms with Crippen LogP contribution in [0.2, 0.25) is 0 Å². The number of ether oxygens (including phenoxy) is 1. The van der Waals surface area contributed by atoms with Gasteiger partial charge >= 0.3 is 13.7 Å². The fourth-order valence-corrected chi connectivity index (χ4v) is 2.16. The zero-order valence-electron chi connectivity index (χ0n) is 12.2. The highest BCUT2D eigenvalue weighted by Gasteiger charge is 2.29. The molecule has 0 aliphatic carbocycles. The number of carbonyl (C=O) groups excluding carboxylic acids is 2. The average Bonchev–Trinajstić information content (AvgIpc) is 2.25. The van der Waals surface area contributed by atoms with Crippen molar-refractivity contribution in [3.05, 3.63) is 0 Å². The van der Waals surface area contributed by atoms with Gasteiger partial charge in [0.1, 0.15) is 11.8 Å². The molecule has 1 N–H and O–H groups in total. The van der Waals surface area contributed by atoms with E-state index in [1.54, 1.807) is 20.8 Å². The molecule has 0 saturated heterocycles. The molecule has 8 heteroatoms. The quantitative estimate of drug-likeness (QED) is 0.753. The molecule has 0 aromatic rings. The van der Waals surface area contributed by atoms with E-state index in [0.717, 1.165) is 0 Å². The molecule has 7 nitrogen and oxygen atoms in total. The van der Waals surface area contributed by atoms with Gasteiger partial charge in [-0.2, -0.15) is 0 Å². The summed E-state index contributed by atoms with van der Waals surface area (Å²) in [6.07, 6.45) is -1.12. The summed E-state index contributed by atoms with van der Waals surface area (Å²) in [5.74, 6) is -0.460. The van der Waals surface area contributed by atoms with Crippen LogP contribution in [0.3, 0.4) is 0 Å². The van der Waals surface area contributed by atoms with Crippen LogP contribution in [-0.4, -0.2) is 43.9 Å². The molecule has 0 fully saturated rings. The van der Waals surface area contributed by atoms with Gasteiger partial charge in [-0.15, -0.1) is 0 Å². The monoisotopic (exact) mass is 295 g/mol. The Morgan fingerprint density at radius 2 is 1.68 bits per heavy atom. The summed E-state index contributed by atoms with van der Waals surface area (Å²) in [6.45, 7) is 6.61. The van der Waals surface area contributed by atoms with Gasteiger partial charge in [-0.05, 0) is 27.7 Å². The largest absolute Gasteiger partial charge is 0.444 e. The van der Waals surface area contributed by atoms with Gasteiger partial charge in [0, 0.05) is 14.2 Å². The average molecular weight is 295 g/mol. The number of alkyl carbamates (subject to hydrolysis) is 1. The first kappa shape index (κ1) is 18.1. The van der Waals surface area contributed by atoms with Crippen molar-refractivity contribution in [2.45, 2.75) is 39.3 Å². The SMILES string of the molecule is COP(=O)(CC(=O)[C@@H](C)NC(=O)OC(C)(C)C)OC. The molecule has 112 valence electrons. The summed E-state index contributed by atoms with van der Waals surface area (Å²) in [7, 11) is -1.02. The number of amides is 1. The number of hydrogen-bond donors (Lipinski definition) is 1. The smallest absolute Gasteiger partial charge is 0.408 e. The summed E-state index contributed by atoms with van der Waals surface area (Å²) >= 11 is 0. The number of Topliss-reactive ketones (excluding diaryl/α,β-unsaturated/α-hetero) is 1. The Bertz CT molecular complexity index is 368. The predicted molar refractivity (Wildman–Crippen MR) is 70.3 cm³/mol. The Balaban J connectivity index is 4.44. The first-order chi connectivity index (χ1) is 8.53. The first-order valence-corrected chi connectivity index (χ1v) is 7.48. The summed E-state index contributed by atoms with van der Waals surface area (Å²) in [4.78, 5) is 23.2. The van der Waals surface area contributed by atoms with E-state index < -0.39 is 37.3 Å². The number of ketones is 1. The van der Waals surface area contributed by atoms with Crippen molar-refractivity contribution < 1.29 is 27.9 Å². The van der Waals surface area contributed by atoms with Crippen LogP contribution >= 0.6 is 7.60 Å². The highest BCUT2D eigenvalue weighted by atomic mass is 31.2. The summed E-state index contributed by atoms with van der Waals surface area (Å²) in [5, 5.41) is 2.36. The molecule has 0 unspecified atom stereocenters. The molecule has 0 aromatic heterocycles. The maximum absolute atomic E-state index is 11.8. The summed E-state index contributed by atoms with van der Waals surface area (Å²) in [5.41, 5.74) is -0.652. The first-order valence-electron chi connectivity index (χ1n) is 5.76. The molecule has 0 spiro atoms. The number of carbonyl (C=O) groups is 2. The van der Waals surface area contributed by atoms with E-state index in [4.69, 9.17) is 4.74 Å². The van der Waals surface area contributed by atoms with Crippen molar-refractivity contribution in [3.63, 3.8) is 0 Å². The van der Waals surface area contributed by atoms with Crippen molar-refractivity contribution >= 4 is 19.5 Å². The van der Waals surface area contributed by atoms with E-state index >= 15 is 0 Å². The van der Waals surface area contributed by atoms with E-state index in [1.165, 1.54) is 21.1 Å². The Kier molecular flexibility index (Phi) is 6.69. The molecule has 1 amide bonds. The Labute approximate surface area is 113 Å². The number of nitrogens with one attached hydrogen (secondary N) is 1. The second-order valence-corrected chi connectivity index (χ2v) is 7.24. The fraction of sp³-hybridized carbons (Fsp3) is 0.818.